The van der Waals surface area contributed by atoms with Gasteiger partial charge in [-0.15, -0.1) is 0 Å². The van der Waals surface area contributed by atoms with Crippen LogP contribution in [0, 0.1) is 0 Å². The van der Waals surface area contributed by atoms with Crippen molar-refractivity contribution >= 4 is 11.7 Å². The number of halogens is 2. The lowest BCUT2D eigenvalue weighted by Crippen LogP contribution is -2.25. The van der Waals surface area contributed by atoms with E-state index < -0.39 is 18.9 Å². The largest absolute Gasteiger partial charge is 0.478 e. The van der Waals surface area contributed by atoms with Crippen LogP contribution in [0.5, 0.6) is 0 Å². The highest BCUT2D eigenvalue weighted by molar-refractivity contribution is 5.94. The molecule has 15 heavy (non-hydrogen) atoms. The second-order valence-corrected chi connectivity index (χ2v) is 2.97. The Morgan fingerprint density at radius 1 is 1.67 bits per heavy atom. The molecule has 6 heteroatoms. The Hall–Kier alpha value is -1.72. The Bertz CT molecular complexity index is 358. The van der Waals surface area contributed by atoms with Crippen molar-refractivity contribution in [1.82, 2.24) is 4.98 Å². The Morgan fingerprint density at radius 2 is 2.33 bits per heavy atom. The lowest BCUT2D eigenvalue weighted by atomic mass is 10.2. The van der Waals surface area contributed by atoms with Gasteiger partial charge in [-0.3, -0.25) is 4.98 Å². The van der Waals surface area contributed by atoms with Gasteiger partial charge in [-0.2, -0.15) is 0 Å². The Kier molecular flexibility index (Phi) is 3.54. The summed E-state index contributed by atoms with van der Waals surface area (Å²) in [5, 5.41) is 8.81. The molecule has 0 spiro atoms. The highest BCUT2D eigenvalue weighted by atomic mass is 19.3. The summed E-state index contributed by atoms with van der Waals surface area (Å²) < 4.78 is 24.2. The number of carboxylic acid groups (broad SMARTS) is 1. The molecule has 1 heterocycles. The molecule has 0 amide bonds. The van der Waals surface area contributed by atoms with Crippen LogP contribution in [0.4, 0.5) is 14.5 Å². The molecule has 0 aliphatic heterocycles. The van der Waals surface area contributed by atoms with E-state index in [4.69, 9.17) is 5.11 Å². The van der Waals surface area contributed by atoms with E-state index in [0.29, 0.717) is 0 Å². The molecule has 0 radical (unpaired) electrons. The summed E-state index contributed by atoms with van der Waals surface area (Å²) in [5.41, 5.74) is 0.151. The van der Waals surface area contributed by atoms with Crippen molar-refractivity contribution in [1.29, 1.82) is 0 Å². The van der Waals surface area contributed by atoms with E-state index >= 15 is 0 Å². The molecule has 0 aliphatic rings. The molecular weight excluding hydrogens is 206 g/mol. The average Bonchev–Trinajstić information content (AvgIpc) is 2.16. The van der Waals surface area contributed by atoms with Gasteiger partial charge in [0.25, 0.3) is 6.43 Å². The first-order valence-electron chi connectivity index (χ1n) is 4.19. The number of alkyl halides is 2. The minimum atomic E-state index is -2.52. The third kappa shape index (κ3) is 2.87. The zero-order valence-electron chi connectivity index (χ0n) is 8.02. The number of carbonyl (C=O) groups is 1. The molecule has 0 bridgehead atoms. The summed E-state index contributed by atoms with van der Waals surface area (Å²) in [6, 6.07) is 1.28. The molecule has 0 atom stereocenters. The van der Waals surface area contributed by atoms with Crippen molar-refractivity contribution in [2.75, 3.05) is 18.5 Å². The van der Waals surface area contributed by atoms with Crippen LogP contribution in [-0.2, 0) is 0 Å². The predicted molar refractivity (Wildman–Crippen MR) is 50.5 cm³/mol. The Morgan fingerprint density at radius 3 is 2.87 bits per heavy atom. The van der Waals surface area contributed by atoms with E-state index in [-0.39, 0.29) is 11.3 Å². The van der Waals surface area contributed by atoms with Gasteiger partial charge in [0.2, 0.25) is 0 Å². The fraction of sp³-hybridized carbons (Fsp3) is 0.333. The minimum Gasteiger partial charge on any atom is -0.478 e. The number of anilines is 1. The molecule has 4 nitrogen and oxygen atoms in total. The first-order chi connectivity index (χ1) is 7.02. The van der Waals surface area contributed by atoms with Crippen LogP contribution in [-0.4, -0.2) is 36.1 Å². The summed E-state index contributed by atoms with van der Waals surface area (Å²) in [4.78, 5) is 15.6. The van der Waals surface area contributed by atoms with E-state index in [0.717, 1.165) is 0 Å². The van der Waals surface area contributed by atoms with Crippen molar-refractivity contribution in [2.24, 2.45) is 0 Å². The lowest BCUT2D eigenvalue weighted by Gasteiger charge is -2.19. The van der Waals surface area contributed by atoms with Crippen molar-refractivity contribution in [3.05, 3.63) is 24.0 Å². The zero-order valence-corrected chi connectivity index (χ0v) is 8.02. The number of aromatic carboxylic acids is 1. The number of rotatable bonds is 4. The van der Waals surface area contributed by atoms with Crippen LogP contribution in [0.15, 0.2) is 18.5 Å². The summed E-state index contributed by atoms with van der Waals surface area (Å²) in [6.45, 7) is -0.522. The minimum absolute atomic E-state index is 0.0341. The Balaban J connectivity index is 2.97. The van der Waals surface area contributed by atoms with Gasteiger partial charge in [0.05, 0.1) is 24.0 Å². The van der Waals surface area contributed by atoms with Gasteiger partial charge in [-0.05, 0) is 6.07 Å². The second kappa shape index (κ2) is 4.68. The van der Waals surface area contributed by atoms with Gasteiger partial charge in [-0.25, -0.2) is 13.6 Å². The van der Waals surface area contributed by atoms with Crippen molar-refractivity contribution in [2.45, 2.75) is 6.43 Å². The van der Waals surface area contributed by atoms with E-state index in [1.807, 2.05) is 0 Å². The third-order valence-corrected chi connectivity index (χ3v) is 1.85. The van der Waals surface area contributed by atoms with Gasteiger partial charge in [0.1, 0.15) is 0 Å². The Labute approximate surface area is 85.2 Å². The van der Waals surface area contributed by atoms with Crippen molar-refractivity contribution in [3.63, 3.8) is 0 Å². The lowest BCUT2D eigenvalue weighted by molar-refractivity contribution is 0.0697. The number of hydrogen-bond donors (Lipinski definition) is 1. The average molecular weight is 216 g/mol. The van der Waals surface area contributed by atoms with Gasteiger partial charge >= 0.3 is 5.97 Å². The van der Waals surface area contributed by atoms with E-state index in [9.17, 15) is 13.6 Å². The van der Waals surface area contributed by atoms with Crippen LogP contribution in [0.1, 0.15) is 10.4 Å². The summed E-state index contributed by atoms with van der Waals surface area (Å²) in [5.74, 6) is -1.16. The van der Waals surface area contributed by atoms with Crippen molar-refractivity contribution in [3.8, 4) is 0 Å². The zero-order chi connectivity index (χ0) is 11.4. The SMILES string of the molecule is CN(CC(F)F)c1cnccc1C(=O)O. The predicted octanol–water partition coefficient (Wildman–Crippen LogP) is 1.48. The maximum Gasteiger partial charge on any atom is 0.337 e. The van der Waals surface area contributed by atoms with E-state index in [2.05, 4.69) is 4.98 Å². The van der Waals surface area contributed by atoms with Gasteiger partial charge in [0.15, 0.2) is 0 Å². The summed E-state index contributed by atoms with van der Waals surface area (Å²) in [7, 11) is 1.40. The van der Waals surface area contributed by atoms with Gasteiger partial charge < -0.3 is 10.0 Å². The van der Waals surface area contributed by atoms with Crippen LogP contribution in [0.3, 0.4) is 0 Å². The maximum absolute atomic E-state index is 12.1. The molecule has 0 aromatic carbocycles. The summed E-state index contributed by atoms with van der Waals surface area (Å²) in [6.07, 6.45) is 0.0477. The standard InChI is InChI=1S/C9H10F2N2O2/c1-13(5-8(10)11)7-4-12-3-2-6(7)9(14)15/h2-4,8H,5H2,1H3,(H,14,15). The maximum atomic E-state index is 12.1. The fourth-order valence-corrected chi connectivity index (χ4v) is 1.18. The fourth-order valence-electron chi connectivity index (χ4n) is 1.18. The van der Waals surface area contributed by atoms with Gasteiger partial charge in [0, 0.05) is 13.2 Å². The van der Waals surface area contributed by atoms with Crippen LogP contribution >= 0.6 is 0 Å². The number of aromatic nitrogens is 1. The first-order valence-corrected chi connectivity index (χ1v) is 4.19. The number of nitrogens with zero attached hydrogens (tertiary/aromatic N) is 2. The topological polar surface area (TPSA) is 53.4 Å². The number of hydrogen-bond acceptors (Lipinski definition) is 3. The van der Waals surface area contributed by atoms with Crippen molar-refractivity contribution < 1.29 is 18.7 Å². The second-order valence-electron chi connectivity index (χ2n) is 2.97. The van der Waals surface area contributed by atoms with Crippen LogP contribution in [0.25, 0.3) is 0 Å². The molecule has 1 rings (SSSR count). The van der Waals surface area contributed by atoms with E-state index in [1.165, 1.54) is 30.4 Å². The highest BCUT2D eigenvalue weighted by Crippen LogP contribution is 2.18. The molecule has 1 aromatic heterocycles. The molecule has 0 saturated heterocycles. The molecule has 0 saturated carbocycles. The molecule has 82 valence electrons. The van der Waals surface area contributed by atoms with Crippen LogP contribution in [0.2, 0.25) is 0 Å². The molecule has 0 aliphatic carbocycles. The summed E-state index contributed by atoms with van der Waals surface area (Å²) >= 11 is 0. The molecule has 0 fully saturated rings. The first kappa shape index (κ1) is 11.4. The van der Waals surface area contributed by atoms with Crippen LogP contribution < -0.4 is 4.90 Å². The third-order valence-electron chi connectivity index (χ3n) is 1.85. The highest BCUT2D eigenvalue weighted by Gasteiger charge is 2.15. The monoisotopic (exact) mass is 216 g/mol. The number of carboxylic acids is 1. The normalized spacial score (nSPS) is 10.4. The number of pyridine rings is 1. The van der Waals surface area contributed by atoms with E-state index in [1.54, 1.807) is 0 Å². The molecule has 1 aromatic rings. The molecular formula is C9H10F2N2O2. The smallest absolute Gasteiger partial charge is 0.337 e. The molecule has 0 unspecified atom stereocenters. The quantitative estimate of drug-likeness (QED) is 0.828. The molecule has 1 N–H and O–H groups in total. The van der Waals surface area contributed by atoms with Gasteiger partial charge in [-0.1, -0.05) is 0 Å².